The molecule has 14 heavy (non-hydrogen) atoms. The SMILES string of the molecule is C[C@@H](Oc1nccc(N)c1Br)C1CC1. The Labute approximate surface area is 91.8 Å². The number of halogens is 1. The van der Waals surface area contributed by atoms with Crippen LogP contribution in [0.5, 0.6) is 5.88 Å². The van der Waals surface area contributed by atoms with Crippen molar-refractivity contribution >= 4 is 21.6 Å². The highest BCUT2D eigenvalue weighted by Gasteiger charge is 2.30. The molecule has 2 rings (SSSR count). The average molecular weight is 257 g/mol. The Balaban J connectivity index is 2.11. The molecule has 1 aliphatic carbocycles. The Morgan fingerprint density at radius 1 is 1.64 bits per heavy atom. The van der Waals surface area contributed by atoms with Gasteiger partial charge in [-0.3, -0.25) is 0 Å². The molecule has 1 aromatic heterocycles. The number of ether oxygens (including phenoxy) is 1. The molecule has 2 N–H and O–H groups in total. The molecule has 0 unspecified atom stereocenters. The van der Waals surface area contributed by atoms with Crippen LogP contribution in [0, 0.1) is 5.92 Å². The van der Waals surface area contributed by atoms with E-state index >= 15 is 0 Å². The zero-order valence-corrected chi connectivity index (χ0v) is 9.62. The lowest BCUT2D eigenvalue weighted by Gasteiger charge is -2.14. The fourth-order valence-electron chi connectivity index (χ4n) is 1.36. The van der Waals surface area contributed by atoms with Gasteiger partial charge in [-0.25, -0.2) is 4.98 Å². The molecule has 1 aromatic rings. The molecule has 0 radical (unpaired) electrons. The summed E-state index contributed by atoms with van der Waals surface area (Å²) in [6.45, 7) is 2.08. The van der Waals surface area contributed by atoms with Crippen molar-refractivity contribution in [3.05, 3.63) is 16.7 Å². The Morgan fingerprint density at radius 2 is 2.36 bits per heavy atom. The molecule has 0 aromatic carbocycles. The van der Waals surface area contributed by atoms with Crippen LogP contribution in [0.4, 0.5) is 5.69 Å². The second-order valence-corrected chi connectivity index (χ2v) is 4.47. The first-order valence-corrected chi connectivity index (χ1v) is 5.54. The molecular weight excluding hydrogens is 244 g/mol. The van der Waals surface area contributed by atoms with E-state index < -0.39 is 0 Å². The van der Waals surface area contributed by atoms with Gasteiger partial charge in [0.1, 0.15) is 10.6 Å². The number of nitrogens with two attached hydrogens (primary N) is 1. The van der Waals surface area contributed by atoms with E-state index in [1.54, 1.807) is 12.3 Å². The monoisotopic (exact) mass is 256 g/mol. The summed E-state index contributed by atoms with van der Waals surface area (Å²) in [6.07, 6.45) is 4.43. The summed E-state index contributed by atoms with van der Waals surface area (Å²) in [5.74, 6) is 1.30. The van der Waals surface area contributed by atoms with Gasteiger partial charge in [-0.2, -0.15) is 0 Å². The summed E-state index contributed by atoms with van der Waals surface area (Å²) in [7, 11) is 0. The Morgan fingerprint density at radius 3 is 3.00 bits per heavy atom. The predicted molar refractivity (Wildman–Crippen MR) is 59.2 cm³/mol. The number of hydrogen-bond acceptors (Lipinski definition) is 3. The summed E-state index contributed by atoms with van der Waals surface area (Å²) in [6, 6.07) is 1.75. The van der Waals surface area contributed by atoms with Crippen molar-refractivity contribution in [1.29, 1.82) is 0 Å². The summed E-state index contributed by atoms with van der Waals surface area (Å²) in [5, 5.41) is 0. The van der Waals surface area contributed by atoms with Crippen LogP contribution >= 0.6 is 15.9 Å². The summed E-state index contributed by atoms with van der Waals surface area (Å²) < 4.78 is 6.47. The molecule has 0 saturated heterocycles. The van der Waals surface area contributed by atoms with Gasteiger partial charge in [0.15, 0.2) is 0 Å². The van der Waals surface area contributed by atoms with Crippen molar-refractivity contribution in [2.24, 2.45) is 5.92 Å². The van der Waals surface area contributed by atoms with E-state index in [4.69, 9.17) is 10.5 Å². The average Bonchev–Trinajstić information content (AvgIpc) is 2.95. The van der Waals surface area contributed by atoms with Crippen molar-refractivity contribution in [2.75, 3.05) is 5.73 Å². The van der Waals surface area contributed by atoms with Gasteiger partial charge >= 0.3 is 0 Å². The van der Waals surface area contributed by atoms with Crippen molar-refractivity contribution < 1.29 is 4.74 Å². The fraction of sp³-hybridized carbons (Fsp3) is 0.500. The second-order valence-electron chi connectivity index (χ2n) is 3.68. The Bertz CT molecular complexity index is 339. The minimum absolute atomic E-state index is 0.237. The molecule has 0 aliphatic heterocycles. The quantitative estimate of drug-likeness (QED) is 0.905. The Kier molecular flexibility index (Phi) is 2.63. The first-order valence-electron chi connectivity index (χ1n) is 4.75. The van der Waals surface area contributed by atoms with E-state index in [9.17, 15) is 0 Å². The Hall–Kier alpha value is -0.770. The zero-order valence-electron chi connectivity index (χ0n) is 8.03. The van der Waals surface area contributed by atoms with Gasteiger partial charge in [-0.15, -0.1) is 0 Å². The maximum atomic E-state index is 5.72. The third kappa shape index (κ3) is 2.00. The molecule has 0 spiro atoms. The van der Waals surface area contributed by atoms with Crippen LogP contribution in [0.2, 0.25) is 0 Å². The largest absolute Gasteiger partial charge is 0.473 e. The second kappa shape index (κ2) is 3.77. The van der Waals surface area contributed by atoms with Crippen LogP contribution in [-0.4, -0.2) is 11.1 Å². The number of nitrogen functional groups attached to an aromatic ring is 1. The van der Waals surface area contributed by atoms with E-state index in [-0.39, 0.29) is 6.10 Å². The van der Waals surface area contributed by atoms with Crippen LogP contribution in [0.25, 0.3) is 0 Å². The third-order valence-electron chi connectivity index (χ3n) is 2.47. The highest BCUT2D eigenvalue weighted by atomic mass is 79.9. The first-order chi connectivity index (χ1) is 6.68. The lowest BCUT2D eigenvalue weighted by Crippen LogP contribution is -2.15. The van der Waals surface area contributed by atoms with Crippen LogP contribution < -0.4 is 10.5 Å². The third-order valence-corrected chi connectivity index (χ3v) is 3.27. The number of pyridine rings is 1. The molecule has 1 heterocycles. The van der Waals surface area contributed by atoms with Gasteiger partial charge in [0.2, 0.25) is 5.88 Å². The molecule has 1 aliphatic rings. The normalized spacial score (nSPS) is 17.9. The van der Waals surface area contributed by atoms with Crippen molar-refractivity contribution in [2.45, 2.75) is 25.9 Å². The number of nitrogens with zero attached hydrogens (tertiary/aromatic N) is 1. The van der Waals surface area contributed by atoms with Gasteiger partial charge in [-0.05, 0) is 47.7 Å². The molecule has 3 nitrogen and oxygen atoms in total. The summed E-state index contributed by atoms with van der Waals surface area (Å²) in [4.78, 5) is 4.14. The summed E-state index contributed by atoms with van der Waals surface area (Å²) in [5.41, 5.74) is 6.39. The van der Waals surface area contributed by atoms with E-state index in [1.807, 2.05) is 0 Å². The minimum atomic E-state index is 0.237. The number of aromatic nitrogens is 1. The van der Waals surface area contributed by atoms with E-state index in [2.05, 4.69) is 27.8 Å². The molecule has 1 atom stereocenters. The first kappa shape index (κ1) is 9.77. The standard InChI is InChI=1S/C10H13BrN2O/c1-6(7-2-3-7)14-10-9(11)8(12)4-5-13-10/h4-7H,2-3H2,1H3,(H2,12,13)/t6-/m1/s1. The van der Waals surface area contributed by atoms with Crippen LogP contribution in [0.15, 0.2) is 16.7 Å². The highest BCUT2D eigenvalue weighted by molar-refractivity contribution is 9.10. The number of rotatable bonds is 3. The minimum Gasteiger partial charge on any atom is -0.473 e. The van der Waals surface area contributed by atoms with Gasteiger partial charge in [0.05, 0.1) is 5.69 Å². The maximum Gasteiger partial charge on any atom is 0.230 e. The maximum absolute atomic E-state index is 5.72. The molecule has 4 heteroatoms. The van der Waals surface area contributed by atoms with E-state index in [0.717, 1.165) is 4.47 Å². The van der Waals surface area contributed by atoms with Crippen LogP contribution in [0.1, 0.15) is 19.8 Å². The summed E-state index contributed by atoms with van der Waals surface area (Å²) >= 11 is 3.37. The van der Waals surface area contributed by atoms with Crippen molar-refractivity contribution in [1.82, 2.24) is 4.98 Å². The number of anilines is 1. The van der Waals surface area contributed by atoms with Crippen LogP contribution in [-0.2, 0) is 0 Å². The molecule has 0 bridgehead atoms. The lowest BCUT2D eigenvalue weighted by atomic mass is 10.3. The van der Waals surface area contributed by atoms with Gasteiger partial charge in [0.25, 0.3) is 0 Å². The zero-order chi connectivity index (χ0) is 10.1. The molecule has 1 fully saturated rings. The number of hydrogen-bond donors (Lipinski definition) is 1. The van der Waals surface area contributed by atoms with Gasteiger partial charge in [0, 0.05) is 6.20 Å². The molecule has 76 valence electrons. The topological polar surface area (TPSA) is 48.1 Å². The van der Waals surface area contributed by atoms with E-state index in [1.165, 1.54) is 12.8 Å². The fourth-order valence-corrected chi connectivity index (χ4v) is 1.69. The van der Waals surface area contributed by atoms with Gasteiger partial charge in [-0.1, -0.05) is 0 Å². The van der Waals surface area contributed by atoms with Crippen molar-refractivity contribution in [3.8, 4) is 5.88 Å². The molecule has 1 saturated carbocycles. The smallest absolute Gasteiger partial charge is 0.230 e. The van der Waals surface area contributed by atoms with Crippen molar-refractivity contribution in [3.63, 3.8) is 0 Å². The predicted octanol–water partition coefficient (Wildman–Crippen LogP) is 2.60. The van der Waals surface area contributed by atoms with Gasteiger partial charge < -0.3 is 10.5 Å². The highest BCUT2D eigenvalue weighted by Crippen LogP contribution is 2.36. The lowest BCUT2D eigenvalue weighted by molar-refractivity contribution is 0.188. The molecule has 0 amide bonds. The van der Waals surface area contributed by atoms with E-state index in [0.29, 0.717) is 17.5 Å². The molecular formula is C10H13BrN2O. The van der Waals surface area contributed by atoms with Crippen LogP contribution in [0.3, 0.4) is 0 Å².